The molecule has 0 unspecified atom stereocenters. The highest BCUT2D eigenvalue weighted by atomic mass is 16.2. The number of carbonyl (C=O) groups is 8. The van der Waals surface area contributed by atoms with Crippen LogP contribution >= 0.6 is 0 Å². The predicted octanol–water partition coefficient (Wildman–Crippen LogP) is -4.04. The smallest absolute Gasteiger partial charge is 0.243 e. The van der Waals surface area contributed by atoms with Gasteiger partial charge >= 0.3 is 0 Å². The second kappa shape index (κ2) is 27.7. The van der Waals surface area contributed by atoms with Crippen molar-refractivity contribution in [2.75, 3.05) is 32.7 Å². The van der Waals surface area contributed by atoms with Crippen LogP contribution in [0, 0.1) is 11.8 Å². The maximum Gasteiger partial charge on any atom is 0.243 e. The van der Waals surface area contributed by atoms with Crippen molar-refractivity contribution in [3.8, 4) is 0 Å². The molecular weight excluding hydrogens is 803 g/mol. The van der Waals surface area contributed by atoms with Crippen molar-refractivity contribution in [2.45, 2.75) is 127 Å². The van der Waals surface area contributed by atoms with Crippen LogP contribution in [0.2, 0.25) is 0 Å². The summed E-state index contributed by atoms with van der Waals surface area (Å²) in [7, 11) is 0. The van der Waals surface area contributed by atoms with Crippen LogP contribution in [0.15, 0.2) is 30.3 Å². The van der Waals surface area contributed by atoms with Crippen molar-refractivity contribution in [3.63, 3.8) is 0 Å². The first-order valence-corrected chi connectivity index (χ1v) is 21.4. The van der Waals surface area contributed by atoms with Gasteiger partial charge < -0.3 is 71.2 Å². The Morgan fingerprint density at radius 2 is 0.984 bits per heavy atom. The van der Waals surface area contributed by atoms with Gasteiger partial charge in [-0.25, -0.2) is 0 Å². The van der Waals surface area contributed by atoms with Gasteiger partial charge in [-0.05, 0) is 88.5 Å². The summed E-state index contributed by atoms with van der Waals surface area (Å²) in [6, 6.07) is -0.921. The van der Waals surface area contributed by atoms with Crippen LogP contribution in [-0.4, -0.2) is 128 Å². The molecule has 1 heterocycles. The van der Waals surface area contributed by atoms with Gasteiger partial charge in [-0.2, -0.15) is 0 Å². The third-order valence-electron chi connectivity index (χ3n) is 10.0. The normalized spacial score (nSPS) is 24.8. The number of nitrogens with two attached hydrogens (primary N) is 5. The average Bonchev–Trinajstić information content (AvgIpc) is 3.21. The van der Waals surface area contributed by atoms with Gasteiger partial charge in [-0.15, -0.1) is 0 Å². The first-order chi connectivity index (χ1) is 29.4. The van der Waals surface area contributed by atoms with E-state index in [1.807, 2.05) is 27.7 Å². The summed E-state index contributed by atoms with van der Waals surface area (Å²) in [5.41, 5.74) is 29.8. The Hall–Kier alpha value is -5.22. The largest absolute Gasteiger partial charge is 0.354 e. The van der Waals surface area contributed by atoms with Gasteiger partial charge in [-0.1, -0.05) is 58.0 Å². The number of rotatable bonds is 16. The van der Waals surface area contributed by atoms with Crippen LogP contribution in [0.5, 0.6) is 0 Å². The van der Waals surface area contributed by atoms with Gasteiger partial charge in [0.2, 0.25) is 47.3 Å². The fourth-order valence-electron chi connectivity index (χ4n) is 6.73. The third-order valence-corrected chi connectivity index (χ3v) is 10.0. The van der Waals surface area contributed by atoms with Crippen molar-refractivity contribution >= 4 is 47.3 Å². The van der Waals surface area contributed by atoms with Crippen molar-refractivity contribution in [3.05, 3.63) is 35.9 Å². The zero-order chi connectivity index (χ0) is 46.4. The van der Waals surface area contributed by atoms with Crippen LogP contribution in [0.1, 0.15) is 78.2 Å². The minimum absolute atomic E-state index is 0.0181. The van der Waals surface area contributed by atoms with Gasteiger partial charge in [0.25, 0.3) is 0 Å². The zero-order valence-electron chi connectivity index (χ0n) is 36.5. The zero-order valence-corrected chi connectivity index (χ0v) is 36.5. The third kappa shape index (κ3) is 18.4. The van der Waals surface area contributed by atoms with Crippen molar-refractivity contribution in [2.24, 2.45) is 40.5 Å². The first kappa shape index (κ1) is 52.9. The van der Waals surface area contributed by atoms with E-state index in [1.165, 1.54) is 0 Å². The molecule has 1 fully saturated rings. The SMILES string of the molecule is CC(C)C[C@@H]1NC(=O)[C@H](CCN)NC(=O)[C@H](CCN)NC(=O)[C@@H](CC(C)C)NC(=O)[C@H](Cc2ccccc2)NC(=O)[C@H](CCN)NC(=O)[C@@H](NC(=O)[C@@H](N)CCN)CCNC1=O. The van der Waals surface area contributed by atoms with Crippen LogP contribution in [-0.2, 0) is 44.8 Å². The molecule has 1 aromatic carbocycles. The van der Waals surface area contributed by atoms with Crippen LogP contribution < -0.4 is 71.2 Å². The molecule has 0 saturated carbocycles. The number of hydrogen-bond acceptors (Lipinski definition) is 13. The molecule has 18 N–H and O–H groups in total. The lowest BCUT2D eigenvalue weighted by Gasteiger charge is -2.28. The van der Waals surface area contributed by atoms with E-state index >= 15 is 0 Å². The summed E-state index contributed by atoms with van der Waals surface area (Å²) in [5, 5.41) is 21.4. The van der Waals surface area contributed by atoms with E-state index in [9.17, 15) is 38.4 Å². The Balaban J connectivity index is 2.70. The molecule has 348 valence electrons. The molecule has 0 bridgehead atoms. The number of hydrogen-bond donors (Lipinski definition) is 13. The second-order valence-corrected chi connectivity index (χ2v) is 16.4. The van der Waals surface area contributed by atoms with Crippen molar-refractivity contribution in [1.29, 1.82) is 0 Å². The summed E-state index contributed by atoms with van der Waals surface area (Å²) >= 11 is 0. The van der Waals surface area contributed by atoms with Crippen LogP contribution in [0.25, 0.3) is 0 Å². The molecule has 1 aliphatic heterocycles. The second-order valence-electron chi connectivity index (χ2n) is 16.4. The fraction of sp³-hybridized carbons (Fsp3) is 0.659. The maximum atomic E-state index is 14.2. The number of carbonyl (C=O) groups excluding carboxylic acids is 8. The van der Waals surface area contributed by atoms with Gasteiger partial charge in [0.05, 0.1) is 6.04 Å². The Morgan fingerprint density at radius 3 is 1.44 bits per heavy atom. The highest BCUT2D eigenvalue weighted by molar-refractivity contribution is 5.98. The monoisotopic (exact) mass is 874 g/mol. The first-order valence-electron chi connectivity index (χ1n) is 21.4. The van der Waals surface area contributed by atoms with Gasteiger partial charge in [0.1, 0.15) is 42.3 Å². The molecular formula is C41H71N13O8. The summed E-state index contributed by atoms with van der Waals surface area (Å²) in [5.74, 6) is -6.02. The molecule has 0 aliphatic carbocycles. The van der Waals surface area contributed by atoms with Crippen molar-refractivity contribution < 1.29 is 38.4 Å². The summed E-state index contributed by atoms with van der Waals surface area (Å²) in [6.45, 7) is 7.16. The molecule has 1 aliphatic rings. The molecule has 1 aromatic rings. The standard InChI is InChI=1S/C41H71N13O8/c1-23(2)20-31-35(56)47-19-14-30(48-34(55)26(46)10-15-42)39(60)50-29(13-18-45)38(59)54-33(22-25-8-6-5-7-9-25)41(62)53-32(21-24(3)4)40(61)51-27(11-16-43)36(57)49-28(12-17-44)37(58)52-31/h5-9,23-24,26-33H,10-22,42-46H2,1-4H3,(H,47,56)(H,48,55)(H,49,57)(H,50,60)(H,51,61)(H,52,58)(H,53,62)(H,54,59)/t26-,27-,28-,29-,30-,31-,32+,33-/m0/s1. The van der Waals surface area contributed by atoms with E-state index < -0.39 is 95.6 Å². The highest BCUT2D eigenvalue weighted by Gasteiger charge is 2.35. The Kier molecular flexibility index (Phi) is 23.6. The molecule has 0 radical (unpaired) electrons. The quantitative estimate of drug-likeness (QED) is 0.0754. The number of amides is 8. The summed E-state index contributed by atoms with van der Waals surface area (Å²) in [6.07, 6.45) is 0.0975. The Bertz CT molecular complexity index is 1630. The fourth-order valence-corrected chi connectivity index (χ4v) is 6.73. The minimum Gasteiger partial charge on any atom is -0.354 e. The van der Waals surface area contributed by atoms with Crippen molar-refractivity contribution in [1.82, 2.24) is 42.5 Å². The lowest BCUT2D eigenvalue weighted by atomic mass is 10.00. The minimum atomic E-state index is -1.33. The van der Waals surface area contributed by atoms with E-state index in [2.05, 4.69) is 42.5 Å². The highest BCUT2D eigenvalue weighted by Crippen LogP contribution is 2.11. The van der Waals surface area contributed by atoms with Gasteiger partial charge in [-0.3, -0.25) is 38.4 Å². The van der Waals surface area contributed by atoms with E-state index in [0.29, 0.717) is 5.56 Å². The number of nitrogens with one attached hydrogen (secondary N) is 8. The maximum absolute atomic E-state index is 14.2. The molecule has 8 atom stereocenters. The molecule has 0 aromatic heterocycles. The summed E-state index contributed by atoms with van der Waals surface area (Å²) < 4.78 is 0. The topological polar surface area (TPSA) is 363 Å². The number of benzene rings is 1. The Morgan fingerprint density at radius 1 is 0.581 bits per heavy atom. The molecule has 1 saturated heterocycles. The molecule has 21 heteroatoms. The molecule has 0 spiro atoms. The van der Waals surface area contributed by atoms with Crippen LogP contribution in [0.3, 0.4) is 0 Å². The molecule has 62 heavy (non-hydrogen) atoms. The van der Waals surface area contributed by atoms with E-state index in [-0.39, 0.29) is 95.9 Å². The lowest BCUT2D eigenvalue weighted by Crippen LogP contribution is -2.60. The Labute approximate surface area is 364 Å². The molecule has 8 amide bonds. The summed E-state index contributed by atoms with van der Waals surface area (Å²) in [4.78, 5) is 110. The predicted molar refractivity (Wildman–Crippen MR) is 233 cm³/mol. The van der Waals surface area contributed by atoms with E-state index in [4.69, 9.17) is 28.7 Å². The molecule has 2 rings (SSSR count). The van der Waals surface area contributed by atoms with E-state index in [0.717, 1.165) is 0 Å². The van der Waals surface area contributed by atoms with Gasteiger partial charge in [0, 0.05) is 13.0 Å². The lowest BCUT2D eigenvalue weighted by molar-refractivity contribution is -0.136. The van der Waals surface area contributed by atoms with E-state index in [1.54, 1.807) is 30.3 Å². The van der Waals surface area contributed by atoms with Gasteiger partial charge in [0.15, 0.2) is 0 Å². The average molecular weight is 874 g/mol. The van der Waals surface area contributed by atoms with Crippen LogP contribution in [0.4, 0.5) is 0 Å². The molecule has 21 nitrogen and oxygen atoms in total.